The lowest BCUT2D eigenvalue weighted by atomic mass is 10.0. The first-order valence-electron chi connectivity index (χ1n) is 7.42. The van der Waals surface area contributed by atoms with Crippen molar-refractivity contribution in [1.29, 1.82) is 0 Å². The van der Waals surface area contributed by atoms with Crippen LogP contribution in [0.5, 0.6) is 5.75 Å². The van der Waals surface area contributed by atoms with Crippen LogP contribution in [0, 0.1) is 0 Å². The van der Waals surface area contributed by atoms with Crippen molar-refractivity contribution in [1.82, 2.24) is 4.57 Å². The molecule has 0 radical (unpaired) electrons. The Morgan fingerprint density at radius 3 is 2.68 bits per heavy atom. The van der Waals surface area contributed by atoms with E-state index in [0.29, 0.717) is 0 Å². The Balaban J connectivity index is 1.89. The monoisotopic (exact) mass is 293 g/mol. The van der Waals surface area contributed by atoms with E-state index < -0.39 is 0 Å². The van der Waals surface area contributed by atoms with E-state index in [-0.39, 0.29) is 5.91 Å². The maximum absolute atomic E-state index is 11.8. The lowest BCUT2D eigenvalue weighted by Gasteiger charge is -2.04. The summed E-state index contributed by atoms with van der Waals surface area (Å²) in [5.74, 6) is 0.924. The third-order valence-electron chi connectivity index (χ3n) is 3.95. The van der Waals surface area contributed by atoms with Gasteiger partial charge in [-0.25, -0.2) is 0 Å². The second kappa shape index (κ2) is 6.06. The predicted octanol–water partition coefficient (Wildman–Crippen LogP) is 4.10. The molecule has 112 valence electrons. The third-order valence-corrected chi connectivity index (χ3v) is 3.95. The fourth-order valence-corrected chi connectivity index (χ4v) is 2.82. The van der Waals surface area contributed by atoms with Gasteiger partial charge in [-0.3, -0.25) is 9.36 Å². The van der Waals surface area contributed by atoms with Crippen LogP contribution in [0.3, 0.4) is 0 Å². The van der Waals surface area contributed by atoms with Gasteiger partial charge in [0.2, 0.25) is 5.91 Å². The molecule has 1 aromatic heterocycles. The number of para-hydroxylation sites is 1. The molecule has 0 unspecified atom stereocenters. The first kappa shape index (κ1) is 14.4. The summed E-state index contributed by atoms with van der Waals surface area (Å²) in [5, 5.41) is 1.15. The van der Waals surface area contributed by atoms with Crippen LogP contribution in [0.2, 0.25) is 0 Å². The topological polar surface area (TPSA) is 31.2 Å². The Hall–Kier alpha value is -2.55. The molecule has 22 heavy (non-hydrogen) atoms. The Kier molecular flexibility index (Phi) is 3.96. The van der Waals surface area contributed by atoms with E-state index in [4.69, 9.17) is 4.74 Å². The second-order valence-corrected chi connectivity index (χ2v) is 5.41. The lowest BCUT2D eigenvalue weighted by molar-refractivity contribution is 0.0941. The predicted molar refractivity (Wildman–Crippen MR) is 88.6 cm³/mol. The Morgan fingerprint density at radius 2 is 1.91 bits per heavy atom. The number of hydrogen-bond donors (Lipinski definition) is 0. The normalized spacial score (nSPS) is 10.8. The van der Waals surface area contributed by atoms with E-state index in [0.717, 1.165) is 29.5 Å². The molecule has 3 heteroatoms. The van der Waals surface area contributed by atoms with Crippen molar-refractivity contribution in [2.75, 3.05) is 7.11 Å². The van der Waals surface area contributed by atoms with Gasteiger partial charge in [0.15, 0.2) is 0 Å². The van der Waals surface area contributed by atoms with Crippen LogP contribution in [0.25, 0.3) is 10.9 Å². The zero-order valence-corrected chi connectivity index (χ0v) is 12.9. The number of nitrogens with zero attached hydrogens (tertiary/aromatic N) is 1. The maximum Gasteiger partial charge on any atom is 0.227 e. The smallest absolute Gasteiger partial charge is 0.227 e. The summed E-state index contributed by atoms with van der Waals surface area (Å²) in [5.41, 5.74) is 3.42. The van der Waals surface area contributed by atoms with Gasteiger partial charge in [0.25, 0.3) is 0 Å². The fourth-order valence-electron chi connectivity index (χ4n) is 2.82. The number of hydrogen-bond acceptors (Lipinski definition) is 2. The van der Waals surface area contributed by atoms with Crippen LogP contribution >= 0.6 is 0 Å². The Labute approximate surface area is 130 Å². The van der Waals surface area contributed by atoms with Gasteiger partial charge in [-0.2, -0.15) is 0 Å². The number of carbonyl (C=O) groups excluding carboxylic acids is 1. The molecule has 0 saturated heterocycles. The molecule has 0 amide bonds. The molecule has 0 atom stereocenters. The zero-order chi connectivity index (χ0) is 15.5. The number of methoxy groups -OCH3 is 1. The van der Waals surface area contributed by atoms with Crippen molar-refractivity contribution in [3.63, 3.8) is 0 Å². The minimum absolute atomic E-state index is 0.0452. The average Bonchev–Trinajstić information content (AvgIpc) is 2.92. The molecular weight excluding hydrogens is 274 g/mol. The number of carbonyl (C=O) groups is 1. The summed E-state index contributed by atoms with van der Waals surface area (Å²) in [6, 6.07) is 16.2. The molecule has 3 nitrogen and oxygen atoms in total. The lowest BCUT2D eigenvalue weighted by Crippen LogP contribution is -2.02. The summed E-state index contributed by atoms with van der Waals surface area (Å²) in [6.07, 6.45) is 3.78. The highest BCUT2D eigenvalue weighted by atomic mass is 16.5. The molecule has 3 aromatic rings. The van der Waals surface area contributed by atoms with E-state index in [1.165, 1.54) is 11.1 Å². The molecule has 2 aromatic carbocycles. The van der Waals surface area contributed by atoms with Crippen LogP contribution in [-0.4, -0.2) is 17.6 Å². The van der Waals surface area contributed by atoms with Gasteiger partial charge in [-0.15, -0.1) is 0 Å². The fraction of sp³-hybridized carbons (Fsp3) is 0.211. The van der Waals surface area contributed by atoms with E-state index in [1.54, 1.807) is 18.6 Å². The van der Waals surface area contributed by atoms with Crippen LogP contribution < -0.4 is 4.74 Å². The third kappa shape index (κ3) is 2.75. The Morgan fingerprint density at radius 1 is 1.09 bits per heavy atom. The van der Waals surface area contributed by atoms with Crippen molar-refractivity contribution >= 4 is 16.8 Å². The van der Waals surface area contributed by atoms with Crippen molar-refractivity contribution in [2.45, 2.75) is 19.8 Å². The van der Waals surface area contributed by atoms with Gasteiger partial charge >= 0.3 is 0 Å². The summed E-state index contributed by atoms with van der Waals surface area (Å²) in [6.45, 7) is 1.60. The van der Waals surface area contributed by atoms with E-state index in [9.17, 15) is 4.79 Å². The minimum Gasteiger partial charge on any atom is -0.497 e. The molecule has 3 rings (SSSR count). The van der Waals surface area contributed by atoms with Gasteiger partial charge in [0, 0.05) is 18.5 Å². The van der Waals surface area contributed by atoms with Gasteiger partial charge in [0.1, 0.15) is 5.75 Å². The van der Waals surface area contributed by atoms with Gasteiger partial charge in [-0.05, 0) is 42.2 Å². The van der Waals surface area contributed by atoms with Crippen molar-refractivity contribution in [2.24, 2.45) is 0 Å². The quantitative estimate of drug-likeness (QED) is 0.725. The number of benzene rings is 2. The highest BCUT2D eigenvalue weighted by molar-refractivity contribution is 5.93. The van der Waals surface area contributed by atoms with Crippen LogP contribution in [-0.2, 0) is 12.8 Å². The molecule has 0 saturated carbocycles. The molecule has 0 fully saturated rings. The summed E-state index contributed by atoms with van der Waals surface area (Å²) < 4.78 is 7.00. The molecule has 0 bridgehead atoms. The number of ether oxygens (including phenoxy) is 1. The molecule has 0 N–H and O–H groups in total. The zero-order valence-electron chi connectivity index (χ0n) is 12.9. The molecule has 0 aliphatic carbocycles. The molecule has 1 heterocycles. The van der Waals surface area contributed by atoms with E-state index >= 15 is 0 Å². The van der Waals surface area contributed by atoms with Crippen molar-refractivity contribution < 1.29 is 9.53 Å². The molecular formula is C19H19NO2. The minimum atomic E-state index is 0.0452. The number of fused-ring (bicyclic) bond motifs is 1. The molecule has 0 aliphatic heterocycles. The van der Waals surface area contributed by atoms with Gasteiger partial charge in [-0.1, -0.05) is 30.3 Å². The second-order valence-electron chi connectivity index (χ2n) is 5.41. The van der Waals surface area contributed by atoms with Crippen molar-refractivity contribution in [3.05, 3.63) is 65.9 Å². The first-order valence-corrected chi connectivity index (χ1v) is 7.42. The van der Waals surface area contributed by atoms with Crippen LogP contribution in [0.4, 0.5) is 0 Å². The summed E-state index contributed by atoms with van der Waals surface area (Å²) >= 11 is 0. The summed E-state index contributed by atoms with van der Waals surface area (Å²) in [4.78, 5) is 11.8. The van der Waals surface area contributed by atoms with Crippen LogP contribution in [0.15, 0.2) is 54.7 Å². The highest BCUT2D eigenvalue weighted by Gasteiger charge is 2.10. The summed E-state index contributed by atoms with van der Waals surface area (Å²) in [7, 11) is 1.68. The highest BCUT2D eigenvalue weighted by Crippen LogP contribution is 2.23. The van der Waals surface area contributed by atoms with Gasteiger partial charge < -0.3 is 4.74 Å². The standard InChI is InChI=1S/C19H19NO2/c1-14(21)20-13-16(18-8-3-4-9-19(18)20)11-10-15-6-5-7-17(12-15)22-2/h3-9,12-13H,10-11H2,1-2H3. The molecule has 0 aliphatic rings. The first-order chi connectivity index (χ1) is 10.7. The maximum atomic E-state index is 11.8. The SMILES string of the molecule is COc1cccc(CCc2cn(C(C)=O)c3ccccc23)c1. The number of aryl methyl sites for hydroxylation is 2. The van der Waals surface area contributed by atoms with E-state index in [1.807, 2.05) is 36.5 Å². The average molecular weight is 293 g/mol. The molecule has 0 spiro atoms. The number of rotatable bonds is 4. The largest absolute Gasteiger partial charge is 0.497 e. The number of aromatic nitrogens is 1. The van der Waals surface area contributed by atoms with Crippen LogP contribution in [0.1, 0.15) is 22.8 Å². The van der Waals surface area contributed by atoms with Crippen molar-refractivity contribution in [3.8, 4) is 5.75 Å². The van der Waals surface area contributed by atoms with Gasteiger partial charge in [0.05, 0.1) is 12.6 Å². The van der Waals surface area contributed by atoms with E-state index in [2.05, 4.69) is 18.2 Å². The Bertz CT molecular complexity index is 817.